The molecule has 0 atom stereocenters. The summed E-state index contributed by atoms with van der Waals surface area (Å²) in [6.07, 6.45) is 4.02. The first-order valence-electron chi connectivity index (χ1n) is 8.28. The van der Waals surface area contributed by atoms with E-state index in [4.69, 9.17) is 9.47 Å². The minimum absolute atomic E-state index is 0.0499. The van der Waals surface area contributed by atoms with Crippen molar-refractivity contribution in [2.24, 2.45) is 0 Å². The first-order chi connectivity index (χ1) is 12.8. The number of nitrogens with one attached hydrogen (secondary N) is 1. The smallest absolute Gasteiger partial charge is 0.246 e. The summed E-state index contributed by atoms with van der Waals surface area (Å²) in [5.41, 5.74) is 1.30. The fourth-order valence-electron chi connectivity index (χ4n) is 2.57. The predicted octanol–water partition coefficient (Wildman–Crippen LogP) is 2.14. The summed E-state index contributed by atoms with van der Waals surface area (Å²) >= 11 is 0. The largest absolute Gasteiger partial charge is 0.490 e. The van der Waals surface area contributed by atoms with Crippen molar-refractivity contribution in [1.82, 2.24) is 19.7 Å². The Morgan fingerprint density at radius 1 is 1.12 bits per heavy atom. The molecule has 8 nitrogen and oxygen atoms in total. The quantitative estimate of drug-likeness (QED) is 0.774. The maximum Gasteiger partial charge on any atom is 0.246 e. The minimum Gasteiger partial charge on any atom is -0.490 e. The van der Waals surface area contributed by atoms with Crippen LogP contribution in [0.3, 0.4) is 0 Å². The van der Waals surface area contributed by atoms with Crippen LogP contribution >= 0.6 is 0 Å². The number of ether oxygens (including phenoxy) is 2. The second-order valence-electron chi connectivity index (χ2n) is 5.74. The lowest BCUT2D eigenvalue weighted by molar-refractivity contribution is -0.116. The highest BCUT2D eigenvalue weighted by Gasteiger charge is 2.13. The monoisotopic (exact) mass is 351 g/mol. The van der Waals surface area contributed by atoms with Gasteiger partial charge in [-0.05, 0) is 24.3 Å². The summed E-state index contributed by atoms with van der Waals surface area (Å²) in [5.74, 6) is 1.60. The molecule has 1 aromatic carbocycles. The molecule has 1 N–H and O–H groups in total. The standard InChI is InChI=1S/C18H17N5O3/c24-17(11-23-12-20-18(22-23)14-4-1-2-7-19-14)21-13-5-6-15-16(10-13)26-9-3-8-25-15/h1-2,4-7,10,12H,3,8-9,11H2,(H,21,24). The van der Waals surface area contributed by atoms with Gasteiger partial charge in [0.05, 0.1) is 13.2 Å². The Morgan fingerprint density at radius 2 is 2.00 bits per heavy atom. The van der Waals surface area contributed by atoms with Gasteiger partial charge in [0.2, 0.25) is 5.91 Å². The van der Waals surface area contributed by atoms with E-state index in [0.717, 1.165) is 6.42 Å². The number of fused-ring (bicyclic) bond motifs is 1. The second-order valence-corrected chi connectivity index (χ2v) is 5.74. The van der Waals surface area contributed by atoms with Crippen LogP contribution in [0.25, 0.3) is 11.5 Å². The van der Waals surface area contributed by atoms with E-state index in [0.29, 0.717) is 41.9 Å². The Bertz CT molecular complexity index is 910. The van der Waals surface area contributed by atoms with Crippen LogP contribution in [0.4, 0.5) is 5.69 Å². The number of carbonyl (C=O) groups is 1. The molecule has 0 fully saturated rings. The summed E-state index contributed by atoms with van der Waals surface area (Å²) in [7, 11) is 0. The maximum absolute atomic E-state index is 12.3. The molecule has 3 heterocycles. The van der Waals surface area contributed by atoms with Crippen molar-refractivity contribution in [3.8, 4) is 23.0 Å². The van der Waals surface area contributed by atoms with Crippen molar-refractivity contribution >= 4 is 11.6 Å². The number of rotatable bonds is 4. The average Bonchev–Trinajstić information content (AvgIpc) is 2.99. The van der Waals surface area contributed by atoms with E-state index in [2.05, 4.69) is 20.4 Å². The topological polar surface area (TPSA) is 91.2 Å². The van der Waals surface area contributed by atoms with Gasteiger partial charge in [-0.2, -0.15) is 0 Å². The fraction of sp³-hybridized carbons (Fsp3) is 0.222. The van der Waals surface area contributed by atoms with Crippen molar-refractivity contribution in [3.05, 3.63) is 48.9 Å². The normalized spacial score (nSPS) is 13.1. The van der Waals surface area contributed by atoms with E-state index < -0.39 is 0 Å². The molecule has 1 amide bonds. The summed E-state index contributed by atoms with van der Waals surface area (Å²) in [4.78, 5) is 20.7. The lowest BCUT2D eigenvalue weighted by atomic mass is 10.2. The van der Waals surface area contributed by atoms with E-state index in [9.17, 15) is 4.79 Å². The Labute approximate surface area is 149 Å². The molecule has 132 valence electrons. The highest BCUT2D eigenvalue weighted by molar-refractivity contribution is 5.90. The summed E-state index contributed by atoms with van der Waals surface area (Å²) in [6.45, 7) is 1.28. The highest BCUT2D eigenvalue weighted by Crippen LogP contribution is 2.32. The number of aromatic nitrogens is 4. The van der Waals surface area contributed by atoms with Gasteiger partial charge in [0.1, 0.15) is 18.6 Å². The molecule has 0 saturated heterocycles. The van der Waals surface area contributed by atoms with Gasteiger partial charge in [-0.1, -0.05) is 6.07 Å². The Kier molecular flexibility index (Phi) is 4.46. The number of pyridine rings is 1. The molecule has 0 unspecified atom stereocenters. The van der Waals surface area contributed by atoms with Crippen LogP contribution in [0.5, 0.6) is 11.5 Å². The number of nitrogens with zero attached hydrogens (tertiary/aromatic N) is 4. The van der Waals surface area contributed by atoms with Gasteiger partial charge in [-0.25, -0.2) is 9.67 Å². The lowest BCUT2D eigenvalue weighted by Crippen LogP contribution is -2.19. The fourth-order valence-corrected chi connectivity index (χ4v) is 2.57. The van der Waals surface area contributed by atoms with Gasteiger partial charge < -0.3 is 14.8 Å². The van der Waals surface area contributed by atoms with Gasteiger partial charge >= 0.3 is 0 Å². The number of benzene rings is 1. The molecular formula is C18H17N5O3. The second kappa shape index (κ2) is 7.22. The van der Waals surface area contributed by atoms with Gasteiger partial charge in [0.15, 0.2) is 17.3 Å². The van der Waals surface area contributed by atoms with Gasteiger partial charge in [0, 0.05) is 24.4 Å². The molecule has 1 aliphatic rings. The Balaban J connectivity index is 1.41. The molecule has 2 aromatic heterocycles. The first-order valence-corrected chi connectivity index (χ1v) is 8.28. The SMILES string of the molecule is O=C(Cn1cnc(-c2ccccn2)n1)Nc1ccc2c(c1)OCCCO2. The highest BCUT2D eigenvalue weighted by atomic mass is 16.5. The van der Waals surface area contributed by atoms with Crippen molar-refractivity contribution < 1.29 is 14.3 Å². The lowest BCUT2D eigenvalue weighted by Gasteiger charge is -2.10. The van der Waals surface area contributed by atoms with E-state index in [1.165, 1.54) is 11.0 Å². The molecule has 26 heavy (non-hydrogen) atoms. The van der Waals surface area contributed by atoms with E-state index in [1.807, 2.05) is 18.2 Å². The average molecular weight is 351 g/mol. The minimum atomic E-state index is -0.211. The van der Waals surface area contributed by atoms with E-state index >= 15 is 0 Å². The molecule has 0 bridgehead atoms. The van der Waals surface area contributed by atoms with Gasteiger partial charge in [-0.3, -0.25) is 9.78 Å². The molecule has 4 rings (SSSR count). The summed E-state index contributed by atoms with van der Waals surface area (Å²) in [6, 6.07) is 10.8. The maximum atomic E-state index is 12.3. The van der Waals surface area contributed by atoms with E-state index in [1.54, 1.807) is 24.4 Å². The molecule has 0 spiro atoms. The third kappa shape index (κ3) is 3.64. The molecule has 3 aromatic rings. The predicted molar refractivity (Wildman–Crippen MR) is 93.9 cm³/mol. The number of carbonyl (C=O) groups excluding carboxylic acids is 1. The van der Waals surface area contributed by atoms with Crippen LogP contribution in [-0.2, 0) is 11.3 Å². The van der Waals surface area contributed by atoms with Crippen LogP contribution < -0.4 is 14.8 Å². The van der Waals surface area contributed by atoms with Crippen molar-refractivity contribution in [1.29, 1.82) is 0 Å². The van der Waals surface area contributed by atoms with Crippen LogP contribution in [0, 0.1) is 0 Å². The summed E-state index contributed by atoms with van der Waals surface area (Å²) < 4.78 is 12.7. The van der Waals surface area contributed by atoms with Gasteiger partial charge in [-0.15, -0.1) is 5.10 Å². The van der Waals surface area contributed by atoms with Crippen LogP contribution in [0.1, 0.15) is 6.42 Å². The van der Waals surface area contributed by atoms with Crippen molar-refractivity contribution in [2.45, 2.75) is 13.0 Å². The Morgan fingerprint density at radius 3 is 2.85 bits per heavy atom. The number of hydrogen-bond acceptors (Lipinski definition) is 6. The van der Waals surface area contributed by atoms with Crippen LogP contribution in [0.2, 0.25) is 0 Å². The molecule has 0 saturated carbocycles. The number of amides is 1. The summed E-state index contributed by atoms with van der Waals surface area (Å²) in [5, 5.41) is 7.11. The molecule has 0 radical (unpaired) electrons. The van der Waals surface area contributed by atoms with Crippen LogP contribution in [-0.4, -0.2) is 38.9 Å². The Hall–Kier alpha value is -3.42. The zero-order chi connectivity index (χ0) is 17.8. The third-order valence-electron chi connectivity index (χ3n) is 3.77. The zero-order valence-corrected chi connectivity index (χ0v) is 14.0. The third-order valence-corrected chi connectivity index (χ3v) is 3.77. The molecule has 1 aliphatic heterocycles. The van der Waals surface area contributed by atoms with Gasteiger partial charge in [0.25, 0.3) is 0 Å². The van der Waals surface area contributed by atoms with Crippen molar-refractivity contribution in [2.75, 3.05) is 18.5 Å². The zero-order valence-electron chi connectivity index (χ0n) is 14.0. The molecule has 0 aliphatic carbocycles. The van der Waals surface area contributed by atoms with Crippen LogP contribution in [0.15, 0.2) is 48.9 Å². The van der Waals surface area contributed by atoms with E-state index in [-0.39, 0.29) is 12.5 Å². The first kappa shape index (κ1) is 16.1. The molecule has 8 heteroatoms. The van der Waals surface area contributed by atoms with Crippen molar-refractivity contribution in [3.63, 3.8) is 0 Å². The number of anilines is 1. The number of hydrogen-bond donors (Lipinski definition) is 1. The molecular weight excluding hydrogens is 334 g/mol.